The van der Waals surface area contributed by atoms with Crippen LogP contribution in [0.25, 0.3) is 5.00 Å². The molecule has 3 amide bonds. The van der Waals surface area contributed by atoms with Crippen LogP contribution in [0.5, 0.6) is 0 Å². The highest BCUT2D eigenvalue weighted by molar-refractivity contribution is 7.15. The number of ketones is 1. The molecular weight excluding hydrogens is 794 g/mol. The fourth-order valence-corrected chi connectivity index (χ4v) is 8.95. The molecule has 2 aliphatic heterocycles. The first-order chi connectivity index (χ1) is 28.5. The van der Waals surface area contributed by atoms with E-state index >= 15 is 0 Å². The lowest BCUT2D eigenvalue weighted by atomic mass is 9.99. The van der Waals surface area contributed by atoms with E-state index in [1.165, 1.54) is 4.88 Å². The number of benzene rings is 2. The molecule has 1 saturated carbocycles. The molecule has 4 aromatic rings. The van der Waals surface area contributed by atoms with Gasteiger partial charge in [-0.05, 0) is 69.9 Å². The number of hydrogen-bond donors (Lipinski definition) is 2. The number of fused-ring (bicyclic) bond motifs is 4. The normalized spacial score (nSPS) is 17.6. The summed E-state index contributed by atoms with van der Waals surface area (Å²) in [5, 5.41) is 16.6. The molecule has 2 aromatic heterocycles. The number of amides is 3. The zero-order valence-electron chi connectivity index (χ0n) is 33.5. The van der Waals surface area contributed by atoms with Crippen LogP contribution in [0, 0.1) is 20.8 Å². The molecule has 0 unspecified atom stereocenters. The van der Waals surface area contributed by atoms with Crippen LogP contribution >= 0.6 is 22.9 Å². The number of carbonyl (C=O) groups excluding carboxylic acids is 4. The van der Waals surface area contributed by atoms with Crippen LogP contribution in [0.15, 0.2) is 59.6 Å². The van der Waals surface area contributed by atoms with E-state index in [4.69, 9.17) is 30.8 Å². The lowest BCUT2D eigenvalue weighted by Crippen LogP contribution is -2.44. The highest BCUT2D eigenvalue weighted by atomic mass is 35.5. The summed E-state index contributed by atoms with van der Waals surface area (Å²) in [6.07, 6.45) is 2.14. The zero-order chi connectivity index (χ0) is 41.6. The summed E-state index contributed by atoms with van der Waals surface area (Å²) < 4.78 is 19.0. The number of carbonyl (C=O) groups is 4. The summed E-state index contributed by atoms with van der Waals surface area (Å²) in [5.74, 6) is 0.148. The predicted octanol–water partition coefficient (Wildman–Crippen LogP) is 6.13. The maximum atomic E-state index is 13.4. The second kappa shape index (κ2) is 18.9. The lowest BCUT2D eigenvalue weighted by molar-refractivity contribution is -0.122. The van der Waals surface area contributed by atoms with Crippen LogP contribution in [0.1, 0.15) is 92.1 Å². The first-order valence-electron chi connectivity index (χ1n) is 19.8. The van der Waals surface area contributed by atoms with Gasteiger partial charge >= 0.3 is 0 Å². The molecule has 59 heavy (non-hydrogen) atoms. The molecule has 310 valence electrons. The Kier molecular flexibility index (Phi) is 13.5. The summed E-state index contributed by atoms with van der Waals surface area (Å²) >= 11 is 7.88. The van der Waals surface area contributed by atoms with Crippen molar-refractivity contribution in [3.63, 3.8) is 0 Å². The largest absolute Gasteiger partial charge is 0.382 e. The summed E-state index contributed by atoms with van der Waals surface area (Å²) in [4.78, 5) is 60.2. The van der Waals surface area contributed by atoms with Gasteiger partial charge in [-0.2, -0.15) is 0 Å². The number of allylic oxidation sites excluding steroid dienone is 1. The standard InChI is InChI=1S/C43H48ClN7O7S/c1-25-7-5-10-34(35(52)23-25)51-41(54)31-8-6-9-32(38(31)42(51)55)45-15-17-56-19-21-58-22-20-57-18-16-46-36(53)24-33-40-49-48-28(4)50(40)43-37(26(2)27(3)59-43)39(47-33)29-11-13-30(44)14-12-29/h6,8-9,11-14,33-34,45H,1,5,7,10,15-24H2,2-4H3,(H,46,53)/t33-,34-/m0/s1. The second-order valence-electron chi connectivity index (χ2n) is 14.7. The van der Waals surface area contributed by atoms with Gasteiger partial charge in [0.25, 0.3) is 11.8 Å². The van der Waals surface area contributed by atoms with Crippen molar-refractivity contribution in [2.45, 2.75) is 65.0 Å². The average molecular weight is 842 g/mol. The number of ether oxygens (including phenoxy) is 3. The molecular formula is C43H48ClN7O7S. The Morgan fingerprint density at radius 3 is 2.37 bits per heavy atom. The first-order valence-corrected chi connectivity index (χ1v) is 21.0. The van der Waals surface area contributed by atoms with Gasteiger partial charge in [0.05, 0.1) is 68.9 Å². The number of thiophene rings is 1. The molecule has 0 bridgehead atoms. The van der Waals surface area contributed by atoms with Gasteiger partial charge in [-0.25, -0.2) is 0 Å². The first kappa shape index (κ1) is 42.1. The van der Waals surface area contributed by atoms with Crippen LogP contribution in [0.4, 0.5) is 5.69 Å². The summed E-state index contributed by atoms with van der Waals surface area (Å²) in [7, 11) is 0. The van der Waals surface area contributed by atoms with Gasteiger partial charge in [-0.15, -0.1) is 21.5 Å². The van der Waals surface area contributed by atoms with Crippen LogP contribution in [0.2, 0.25) is 5.02 Å². The van der Waals surface area contributed by atoms with E-state index in [0.29, 0.717) is 87.7 Å². The summed E-state index contributed by atoms with van der Waals surface area (Å²) in [6.45, 7) is 12.8. The van der Waals surface area contributed by atoms with Gasteiger partial charge in [-0.3, -0.25) is 33.6 Å². The quantitative estimate of drug-likeness (QED) is 0.0547. The molecule has 4 heterocycles. The maximum absolute atomic E-state index is 13.4. The number of hydrogen-bond acceptors (Lipinski definition) is 12. The van der Waals surface area contributed by atoms with Crippen molar-refractivity contribution < 1.29 is 33.4 Å². The summed E-state index contributed by atoms with van der Waals surface area (Å²) in [5.41, 5.74) is 5.79. The number of imide groups is 1. The van der Waals surface area contributed by atoms with Crippen molar-refractivity contribution in [3.8, 4) is 5.00 Å². The minimum atomic E-state index is -0.766. The third kappa shape index (κ3) is 9.24. The Morgan fingerprint density at radius 2 is 1.63 bits per heavy atom. The number of aliphatic imine (C=N–C) groups is 1. The second-order valence-corrected chi connectivity index (χ2v) is 16.4. The Hall–Kier alpha value is -5.06. The molecule has 2 atom stereocenters. The number of aromatic nitrogens is 3. The van der Waals surface area contributed by atoms with Crippen molar-refractivity contribution in [1.82, 2.24) is 25.0 Å². The molecule has 2 aromatic carbocycles. The Morgan fingerprint density at radius 1 is 0.915 bits per heavy atom. The Bertz CT molecular complexity index is 2290. The molecule has 0 spiro atoms. The maximum Gasteiger partial charge on any atom is 0.264 e. The highest BCUT2D eigenvalue weighted by Gasteiger charge is 2.44. The van der Waals surface area contributed by atoms with Gasteiger partial charge in [0.1, 0.15) is 16.9 Å². The molecule has 0 saturated heterocycles. The van der Waals surface area contributed by atoms with E-state index in [1.54, 1.807) is 29.5 Å². The number of rotatable bonds is 17. The van der Waals surface area contributed by atoms with E-state index in [9.17, 15) is 19.2 Å². The molecule has 16 heteroatoms. The van der Waals surface area contributed by atoms with Gasteiger partial charge in [0.2, 0.25) is 5.91 Å². The van der Waals surface area contributed by atoms with Crippen molar-refractivity contribution >= 4 is 57.8 Å². The van der Waals surface area contributed by atoms with Gasteiger partial charge in [0.15, 0.2) is 11.6 Å². The Balaban J connectivity index is 0.799. The smallest absolute Gasteiger partial charge is 0.264 e. The highest BCUT2D eigenvalue weighted by Crippen LogP contribution is 2.40. The van der Waals surface area contributed by atoms with Gasteiger partial charge in [0, 0.05) is 46.2 Å². The minimum absolute atomic E-state index is 0.0877. The topological polar surface area (TPSA) is 166 Å². The van der Waals surface area contributed by atoms with E-state index < -0.39 is 23.9 Å². The third-order valence-electron chi connectivity index (χ3n) is 10.7. The van der Waals surface area contributed by atoms with Gasteiger partial charge < -0.3 is 24.8 Å². The summed E-state index contributed by atoms with van der Waals surface area (Å²) in [6, 6.07) is 11.3. The number of nitrogens with zero attached hydrogens (tertiary/aromatic N) is 5. The van der Waals surface area contributed by atoms with Crippen LogP contribution < -0.4 is 10.6 Å². The fraction of sp³-hybridized carbons (Fsp3) is 0.419. The lowest BCUT2D eigenvalue weighted by Gasteiger charge is -2.23. The SMILES string of the molecule is C=C1CCC[C@H](N2C(=O)c3cccc(NCCOCCOCCOCCNC(=O)C[C@@H]4N=C(c5ccc(Cl)cc5)c5c(sc(C)c5C)-n5c(C)nnc54)c3C2=O)C(=O)C1. The van der Waals surface area contributed by atoms with Crippen LogP contribution in [0.3, 0.4) is 0 Å². The Labute approximate surface area is 352 Å². The molecule has 1 fully saturated rings. The van der Waals surface area contributed by atoms with Crippen molar-refractivity contribution in [1.29, 1.82) is 0 Å². The predicted molar refractivity (Wildman–Crippen MR) is 225 cm³/mol. The monoisotopic (exact) mass is 841 g/mol. The van der Waals surface area contributed by atoms with E-state index in [2.05, 4.69) is 41.3 Å². The van der Waals surface area contributed by atoms with Crippen molar-refractivity contribution in [2.24, 2.45) is 4.99 Å². The van der Waals surface area contributed by atoms with E-state index in [0.717, 1.165) is 50.1 Å². The average Bonchev–Trinajstić information content (AvgIpc) is 3.74. The number of Topliss-reactive ketones (excluding diaryl/α,β-unsaturated/α-hetero) is 1. The molecule has 3 aliphatic rings. The molecule has 0 radical (unpaired) electrons. The van der Waals surface area contributed by atoms with E-state index in [-0.39, 0.29) is 30.1 Å². The molecule has 2 N–H and O–H groups in total. The number of anilines is 1. The number of aryl methyl sites for hydroxylation is 2. The molecule has 7 rings (SSSR count). The number of halogens is 1. The van der Waals surface area contributed by atoms with Crippen molar-refractivity contribution in [3.05, 3.63) is 104 Å². The van der Waals surface area contributed by atoms with E-state index in [1.807, 2.05) is 35.8 Å². The fourth-order valence-electron chi connectivity index (χ4n) is 7.61. The van der Waals surface area contributed by atoms with Crippen molar-refractivity contribution in [2.75, 3.05) is 58.0 Å². The van der Waals surface area contributed by atoms with Crippen LogP contribution in [-0.4, -0.2) is 108 Å². The molecule has 14 nitrogen and oxygen atoms in total. The van der Waals surface area contributed by atoms with Crippen LogP contribution in [-0.2, 0) is 23.8 Å². The number of nitrogens with one attached hydrogen (secondary N) is 2. The molecule has 1 aliphatic carbocycles. The third-order valence-corrected chi connectivity index (χ3v) is 12.1. The zero-order valence-corrected chi connectivity index (χ0v) is 35.0. The van der Waals surface area contributed by atoms with Gasteiger partial charge in [-0.1, -0.05) is 42.0 Å². The minimum Gasteiger partial charge on any atom is -0.382 e.